The molecule has 4 saturated heterocycles. The van der Waals surface area contributed by atoms with Crippen LogP contribution >= 0.6 is 0 Å². The van der Waals surface area contributed by atoms with Gasteiger partial charge in [-0.25, -0.2) is 4.98 Å². The third-order valence-electron chi connectivity index (χ3n) is 6.91. The highest BCUT2D eigenvalue weighted by Gasteiger charge is 2.63. The van der Waals surface area contributed by atoms with Crippen LogP contribution < -0.4 is 15.1 Å². The first-order chi connectivity index (χ1) is 13.0. The van der Waals surface area contributed by atoms with Crippen LogP contribution in [0.2, 0.25) is 0 Å². The molecule has 27 heavy (non-hydrogen) atoms. The van der Waals surface area contributed by atoms with Crippen LogP contribution in [0.15, 0.2) is 6.07 Å². The van der Waals surface area contributed by atoms with E-state index in [2.05, 4.69) is 33.1 Å². The third-order valence-corrected chi connectivity index (χ3v) is 6.91. The summed E-state index contributed by atoms with van der Waals surface area (Å²) in [4.78, 5) is 25.7. The van der Waals surface area contributed by atoms with Crippen molar-refractivity contribution in [2.75, 3.05) is 42.5 Å². The predicted molar refractivity (Wildman–Crippen MR) is 103 cm³/mol. The lowest BCUT2D eigenvalue weighted by Gasteiger charge is -2.29. The molecule has 0 unspecified atom stereocenters. The largest absolute Gasteiger partial charge is 0.369 e. The molecule has 5 rings (SSSR count). The highest BCUT2D eigenvalue weighted by molar-refractivity contribution is 5.72. The number of anilines is 2. The van der Waals surface area contributed by atoms with Crippen molar-refractivity contribution < 1.29 is 9.53 Å². The molecule has 1 N–H and O–H groups in total. The maximum absolute atomic E-state index is 11.4. The predicted octanol–water partition coefficient (Wildman–Crippen LogP) is 1.51. The Hall–Kier alpha value is -1.89. The number of amides is 1. The summed E-state index contributed by atoms with van der Waals surface area (Å²) in [5, 5.41) is 3.02. The first kappa shape index (κ1) is 17.2. The van der Waals surface area contributed by atoms with Crippen molar-refractivity contribution in [3.8, 4) is 0 Å². The van der Waals surface area contributed by atoms with E-state index in [1.807, 2.05) is 0 Å². The van der Waals surface area contributed by atoms with E-state index in [4.69, 9.17) is 9.72 Å². The van der Waals surface area contributed by atoms with Crippen molar-refractivity contribution in [1.29, 1.82) is 0 Å². The Morgan fingerprint density at radius 1 is 1.33 bits per heavy atom. The lowest BCUT2D eigenvalue weighted by Crippen LogP contribution is -2.41. The SMILES string of the molecule is CC(=O)NC[C@H]1[C@H]2CN(c3cc(C)nc(N4CCCC4)n3)C[C@]23CC[C@H]1O3. The second-order valence-electron chi connectivity index (χ2n) is 8.71. The van der Waals surface area contributed by atoms with E-state index < -0.39 is 0 Å². The molecule has 7 nitrogen and oxygen atoms in total. The molecule has 0 radical (unpaired) electrons. The molecule has 0 aromatic carbocycles. The summed E-state index contributed by atoms with van der Waals surface area (Å²) < 4.78 is 6.49. The topological polar surface area (TPSA) is 70.6 Å². The molecule has 0 saturated carbocycles. The summed E-state index contributed by atoms with van der Waals surface area (Å²) >= 11 is 0. The minimum absolute atomic E-state index is 0.0448. The number of nitrogens with one attached hydrogen (secondary N) is 1. The van der Waals surface area contributed by atoms with Gasteiger partial charge in [0.05, 0.1) is 11.7 Å². The number of fused-ring (bicyclic) bond motifs is 1. The van der Waals surface area contributed by atoms with Gasteiger partial charge < -0.3 is 19.9 Å². The van der Waals surface area contributed by atoms with Crippen LogP contribution in [-0.4, -0.2) is 60.3 Å². The minimum Gasteiger partial charge on any atom is -0.369 e. The summed E-state index contributed by atoms with van der Waals surface area (Å²) in [7, 11) is 0. The zero-order valence-corrected chi connectivity index (χ0v) is 16.3. The van der Waals surface area contributed by atoms with Gasteiger partial charge >= 0.3 is 0 Å². The van der Waals surface area contributed by atoms with Gasteiger partial charge in [0.25, 0.3) is 0 Å². The number of carbonyl (C=O) groups excluding carboxylic acids is 1. The fourth-order valence-electron chi connectivity index (χ4n) is 5.66. The molecule has 7 heteroatoms. The van der Waals surface area contributed by atoms with Crippen LogP contribution in [-0.2, 0) is 9.53 Å². The summed E-state index contributed by atoms with van der Waals surface area (Å²) in [6, 6.07) is 2.10. The molecule has 2 bridgehead atoms. The van der Waals surface area contributed by atoms with Gasteiger partial charge in [-0.2, -0.15) is 4.98 Å². The van der Waals surface area contributed by atoms with Crippen molar-refractivity contribution in [3.05, 3.63) is 11.8 Å². The lowest BCUT2D eigenvalue weighted by atomic mass is 9.73. The Balaban J connectivity index is 1.38. The molecule has 5 heterocycles. The maximum Gasteiger partial charge on any atom is 0.227 e. The highest BCUT2D eigenvalue weighted by atomic mass is 16.5. The smallest absolute Gasteiger partial charge is 0.227 e. The van der Waals surface area contributed by atoms with E-state index in [9.17, 15) is 4.79 Å². The Morgan fingerprint density at radius 3 is 2.93 bits per heavy atom. The number of carbonyl (C=O) groups is 1. The monoisotopic (exact) mass is 371 g/mol. The molecule has 1 aromatic rings. The van der Waals surface area contributed by atoms with Gasteiger partial charge in [0.1, 0.15) is 5.82 Å². The van der Waals surface area contributed by atoms with Crippen LogP contribution in [0.3, 0.4) is 0 Å². The van der Waals surface area contributed by atoms with Crippen molar-refractivity contribution in [3.63, 3.8) is 0 Å². The fourth-order valence-corrected chi connectivity index (χ4v) is 5.66. The third kappa shape index (κ3) is 2.87. The number of rotatable bonds is 4. The first-order valence-electron chi connectivity index (χ1n) is 10.3. The first-order valence-corrected chi connectivity index (χ1v) is 10.3. The molecular formula is C20H29N5O2. The number of aryl methyl sites for hydroxylation is 1. The van der Waals surface area contributed by atoms with Gasteiger partial charge in [0.2, 0.25) is 11.9 Å². The van der Waals surface area contributed by atoms with Crippen molar-refractivity contribution in [1.82, 2.24) is 15.3 Å². The average molecular weight is 371 g/mol. The van der Waals surface area contributed by atoms with Gasteiger partial charge in [-0.1, -0.05) is 0 Å². The second-order valence-corrected chi connectivity index (χ2v) is 8.71. The zero-order valence-electron chi connectivity index (χ0n) is 16.3. The van der Waals surface area contributed by atoms with E-state index in [1.165, 1.54) is 12.8 Å². The van der Waals surface area contributed by atoms with Crippen molar-refractivity contribution in [2.45, 2.75) is 51.2 Å². The van der Waals surface area contributed by atoms with Crippen LogP contribution in [0.5, 0.6) is 0 Å². The van der Waals surface area contributed by atoms with Gasteiger partial charge in [0, 0.05) is 63.2 Å². The van der Waals surface area contributed by atoms with Crippen LogP contribution in [0.1, 0.15) is 38.3 Å². The molecule has 1 amide bonds. The Kier molecular flexibility index (Phi) is 4.04. The standard InChI is InChI=1S/C20H29N5O2/c1-13-9-18(23-19(22-13)24-7-3-4-8-24)25-11-16-15(10-21-14(2)26)17-5-6-20(16,12-25)27-17/h9,15-17H,3-8,10-12H2,1-2H3,(H,21,26)/t15-,16+,17+,20+/m0/s1. The van der Waals surface area contributed by atoms with E-state index in [1.54, 1.807) is 6.92 Å². The number of aromatic nitrogens is 2. The normalized spacial score (nSPS) is 34.4. The van der Waals surface area contributed by atoms with E-state index in [0.717, 1.165) is 63.0 Å². The van der Waals surface area contributed by atoms with Crippen LogP contribution in [0.25, 0.3) is 0 Å². The quantitative estimate of drug-likeness (QED) is 0.865. The van der Waals surface area contributed by atoms with Gasteiger partial charge in [-0.3, -0.25) is 4.79 Å². The minimum atomic E-state index is -0.0551. The summed E-state index contributed by atoms with van der Waals surface area (Å²) in [6.45, 7) is 8.34. The summed E-state index contributed by atoms with van der Waals surface area (Å²) in [6.07, 6.45) is 4.98. The number of hydrogen-bond acceptors (Lipinski definition) is 6. The molecule has 0 aliphatic carbocycles. The molecule has 4 fully saturated rings. The summed E-state index contributed by atoms with van der Waals surface area (Å²) in [5.41, 5.74) is 0.969. The second kappa shape index (κ2) is 6.33. The van der Waals surface area contributed by atoms with E-state index in [-0.39, 0.29) is 11.5 Å². The molecular weight excluding hydrogens is 342 g/mol. The van der Waals surface area contributed by atoms with Crippen LogP contribution in [0, 0.1) is 18.8 Å². The van der Waals surface area contributed by atoms with E-state index >= 15 is 0 Å². The van der Waals surface area contributed by atoms with Crippen molar-refractivity contribution in [2.24, 2.45) is 11.8 Å². The Bertz CT molecular complexity index is 750. The van der Waals surface area contributed by atoms with Gasteiger partial charge in [-0.05, 0) is 32.6 Å². The Morgan fingerprint density at radius 2 is 2.15 bits per heavy atom. The molecule has 4 aliphatic rings. The van der Waals surface area contributed by atoms with Crippen LogP contribution in [0.4, 0.5) is 11.8 Å². The fraction of sp³-hybridized carbons (Fsp3) is 0.750. The molecule has 1 spiro atoms. The van der Waals surface area contributed by atoms with Gasteiger partial charge in [-0.15, -0.1) is 0 Å². The maximum atomic E-state index is 11.4. The van der Waals surface area contributed by atoms with Gasteiger partial charge in [0.15, 0.2) is 0 Å². The molecule has 146 valence electrons. The molecule has 4 atom stereocenters. The molecule has 4 aliphatic heterocycles. The average Bonchev–Trinajstić information content (AvgIpc) is 3.39. The highest BCUT2D eigenvalue weighted by Crippen LogP contribution is 2.55. The Labute approximate surface area is 160 Å². The van der Waals surface area contributed by atoms with Crippen molar-refractivity contribution >= 4 is 17.7 Å². The molecule has 1 aromatic heterocycles. The number of nitrogens with zero attached hydrogens (tertiary/aromatic N) is 4. The zero-order chi connectivity index (χ0) is 18.6. The lowest BCUT2D eigenvalue weighted by molar-refractivity contribution is -0.119. The number of hydrogen-bond donors (Lipinski definition) is 1. The van der Waals surface area contributed by atoms with E-state index in [0.29, 0.717) is 17.9 Å². The summed E-state index contributed by atoms with van der Waals surface area (Å²) in [5.74, 6) is 2.82. The number of ether oxygens (including phenoxy) is 1.